The van der Waals surface area contributed by atoms with Crippen LogP contribution in [0, 0.1) is 5.92 Å². The molecule has 1 N–H and O–H groups in total. The van der Waals surface area contributed by atoms with Gasteiger partial charge in [0.05, 0.1) is 18.2 Å². The zero-order valence-electron chi connectivity index (χ0n) is 13.6. The van der Waals surface area contributed by atoms with Crippen LogP contribution in [0.5, 0.6) is 5.75 Å². The van der Waals surface area contributed by atoms with Crippen molar-refractivity contribution in [3.8, 4) is 5.75 Å². The van der Waals surface area contributed by atoms with Gasteiger partial charge in [0, 0.05) is 19.0 Å². The van der Waals surface area contributed by atoms with Crippen molar-refractivity contribution in [1.29, 1.82) is 0 Å². The molecule has 1 aromatic carbocycles. The summed E-state index contributed by atoms with van der Waals surface area (Å²) < 4.78 is 5.61. The number of nitrogens with zero attached hydrogens (tertiary/aromatic N) is 1. The van der Waals surface area contributed by atoms with Crippen LogP contribution < -0.4 is 15.0 Å². The second kappa shape index (κ2) is 7.02. The molecule has 3 rings (SSSR count). The molecule has 2 amide bonds. The Labute approximate surface area is 137 Å². The number of hydrogen-bond donors (Lipinski definition) is 1. The first kappa shape index (κ1) is 15.8. The fourth-order valence-corrected chi connectivity index (χ4v) is 3.46. The van der Waals surface area contributed by atoms with Crippen LogP contribution in [0.3, 0.4) is 0 Å². The van der Waals surface area contributed by atoms with Gasteiger partial charge in [-0.15, -0.1) is 0 Å². The van der Waals surface area contributed by atoms with Crippen molar-refractivity contribution in [2.24, 2.45) is 5.92 Å². The molecular weight excluding hydrogens is 292 g/mol. The Bertz CT molecular complexity index is 581. The monoisotopic (exact) mass is 316 g/mol. The molecule has 1 heterocycles. The van der Waals surface area contributed by atoms with Crippen LogP contribution in [0.25, 0.3) is 0 Å². The van der Waals surface area contributed by atoms with Crippen LogP contribution in [0.4, 0.5) is 5.69 Å². The first-order valence-electron chi connectivity index (χ1n) is 8.51. The lowest BCUT2D eigenvalue weighted by atomic mass is 10.1. The molecule has 0 radical (unpaired) electrons. The van der Waals surface area contributed by atoms with Crippen molar-refractivity contribution in [2.75, 3.05) is 18.1 Å². The lowest BCUT2D eigenvalue weighted by molar-refractivity contribution is -0.126. The van der Waals surface area contributed by atoms with E-state index in [2.05, 4.69) is 5.32 Å². The second-order valence-electron chi connectivity index (χ2n) is 6.30. The minimum Gasteiger partial charge on any atom is -0.492 e. The summed E-state index contributed by atoms with van der Waals surface area (Å²) >= 11 is 0. The normalized spacial score (nSPS) is 21.7. The van der Waals surface area contributed by atoms with Gasteiger partial charge in [0.25, 0.3) is 0 Å². The zero-order chi connectivity index (χ0) is 16.2. The zero-order valence-corrected chi connectivity index (χ0v) is 13.6. The van der Waals surface area contributed by atoms with E-state index in [1.165, 1.54) is 12.8 Å². The van der Waals surface area contributed by atoms with Gasteiger partial charge in [0.2, 0.25) is 11.8 Å². The van der Waals surface area contributed by atoms with Crippen molar-refractivity contribution < 1.29 is 14.3 Å². The summed E-state index contributed by atoms with van der Waals surface area (Å²) in [5, 5.41) is 3.10. The summed E-state index contributed by atoms with van der Waals surface area (Å²) in [4.78, 5) is 26.5. The van der Waals surface area contributed by atoms with Gasteiger partial charge in [-0.05, 0) is 31.9 Å². The highest BCUT2D eigenvalue weighted by atomic mass is 16.5. The number of hydrogen-bond acceptors (Lipinski definition) is 3. The van der Waals surface area contributed by atoms with Crippen LogP contribution in [0.1, 0.15) is 39.0 Å². The quantitative estimate of drug-likeness (QED) is 0.908. The number of amides is 2. The van der Waals surface area contributed by atoms with Crippen molar-refractivity contribution in [2.45, 2.75) is 45.1 Å². The summed E-state index contributed by atoms with van der Waals surface area (Å²) in [7, 11) is 0. The first-order chi connectivity index (χ1) is 11.2. The predicted octanol–water partition coefficient (Wildman–Crippen LogP) is 2.50. The molecule has 1 unspecified atom stereocenters. The Morgan fingerprint density at radius 1 is 1.30 bits per heavy atom. The maximum absolute atomic E-state index is 12.4. The Morgan fingerprint density at radius 3 is 2.78 bits per heavy atom. The van der Waals surface area contributed by atoms with Crippen LogP contribution in [0.15, 0.2) is 24.3 Å². The minimum atomic E-state index is -0.266. The molecule has 23 heavy (non-hydrogen) atoms. The smallest absolute Gasteiger partial charge is 0.227 e. The minimum absolute atomic E-state index is 0.0104. The molecule has 0 bridgehead atoms. The van der Waals surface area contributed by atoms with Gasteiger partial charge < -0.3 is 15.0 Å². The standard InChI is InChI=1S/C18H24N2O3/c1-2-23-16-10-6-5-9-15(16)20-12-13(11-17(20)21)18(22)19-14-7-3-4-8-14/h5-6,9-10,13-14H,2-4,7-8,11-12H2,1H3,(H,19,22). The molecule has 1 aliphatic heterocycles. The number of benzene rings is 1. The summed E-state index contributed by atoms with van der Waals surface area (Å²) in [6, 6.07) is 7.80. The number of carbonyl (C=O) groups is 2. The van der Waals surface area contributed by atoms with Crippen molar-refractivity contribution in [3.63, 3.8) is 0 Å². The predicted molar refractivity (Wildman–Crippen MR) is 88.5 cm³/mol. The topological polar surface area (TPSA) is 58.6 Å². The Kier molecular flexibility index (Phi) is 4.84. The fourth-order valence-electron chi connectivity index (χ4n) is 3.46. The van der Waals surface area contributed by atoms with Gasteiger partial charge in [0.15, 0.2) is 0 Å². The lowest BCUT2D eigenvalue weighted by Crippen LogP contribution is -2.38. The van der Waals surface area contributed by atoms with Crippen LogP contribution in [0.2, 0.25) is 0 Å². The number of anilines is 1. The molecule has 1 atom stereocenters. The largest absolute Gasteiger partial charge is 0.492 e. The van der Waals surface area contributed by atoms with E-state index in [9.17, 15) is 9.59 Å². The molecule has 2 fully saturated rings. The van der Waals surface area contributed by atoms with Gasteiger partial charge in [-0.2, -0.15) is 0 Å². The molecule has 1 aliphatic carbocycles. The number of rotatable bonds is 5. The molecule has 2 aliphatic rings. The first-order valence-corrected chi connectivity index (χ1v) is 8.51. The van der Waals surface area contributed by atoms with Gasteiger partial charge in [-0.3, -0.25) is 9.59 Å². The summed E-state index contributed by atoms with van der Waals surface area (Å²) in [5.74, 6) is 0.434. The van der Waals surface area contributed by atoms with Crippen molar-refractivity contribution in [1.82, 2.24) is 5.32 Å². The van der Waals surface area contributed by atoms with E-state index < -0.39 is 0 Å². The summed E-state index contributed by atoms with van der Waals surface area (Å²) in [6.07, 6.45) is 4.76. The molecule has 124 valence electrons. The molecule has 5 heteroatoms. The highest BCUT2D eigenvalue weighted by molar-refractivity contribution is 6.01. The molecule has 1 saturated heterocycles. The van der Waals surface area contributed by atoms with E-state index in [4.69, 9.17) is 4.74 Å². The van der Waals surface area contributed by atoms with E-state index in [0.717, 1.165) is 18.5 Å². The Balaban J connectivity index is 1.68. The second-order valence-corrected chi connectivity index (χ2v) is 6.30. The molecule has 5 nitrogen and oxygen atoms in total. The van der Waals surface area contributed by atoms with Gasteiger partial charge in [-0.1, -0.05) is 25.0 Å². The van der Waals surface area contributed by atoms with E-state index in [1.54, 1.807) is 4.90 Å². The van der Waals surface area contributed by atoms with E-state index in [1.807, 2.05) is 31.2 Å². The molecule has 0 aromatic heterocycles. The fraction of sp³-hybridized carbons (Fsp3) is 0.556. The third kappa shape index (κ3) is 3.49. The summed E-state index contributed by atoms with van der Waals surface area (Å²) in [5.41, 5.74) is 0.760. The lowest BCUT2D eigenvalue weighted by Gasteiger charge is -2.20. The molecule has 1 aromatic rings. The van der Waals surface area contributed by atoms with Crippen LogP contribution in [-0.4, -0.2) is 31.0 Å². The molecule has 0 spiro atoms. The maximum atomic E-state index is 12.4. The highest BCUT2D eigenvalue weighted by Gasteiger charge is 2.37. The van der Waals surface area contributed by atoms with E-state index in [0.29, 0.717) is 24.9 Å². The molecule has 1 saturated carbocycles. The average molecular weight is 316 g/mol. The average Bonchev–Trinajstić information content (AvgIpc) is 3.18. The molecular formula is C18H24N2O3. The van der Waals surface area contributed by atoms with Gasteiger partial charge in [0.1, 0.15) is 5.75 Å². The number of carbonyl (C=O) groups excluding carboxylic acids is 2. The number of nitrogens with one attached hydrogen (secondary N) is 1. The van der Waals surface area contributed by atoms with Crippen LogP contribution >= 0.6 is 0 Å². The van der Waals surface area contributed by atoms with Crippen molar-refractivity contribution >= 4 is 17.5 Å². The third-order valence-electron chi connectivity index (χ3n) is 4.65. The van der Waals surface area contributed by atoms with E-state index >= 15 is 0 Å². The Hall–Kier alpha value is -2.04. The van der Waals surface area contributed by atoms with Gasteiger partial charge >= 0.3 is 0 Å². The maximum Gasteiger partial charge on any atom is 0.227 e. The van der Waals surface area contributed by atoms with Gasteiger partial charge in [-0.25, -0.2) is 0 Å². The number of para-hydroxylation sites is 2. The van der Waals surface area contributed by atoms with Crippen LogP contribution in [-0.2, 0) is 9.59 Å². The van der Waals surface area contributed by atoms with E-state index in [-0.39, 0.29) is 24.2 Å². The summed E-state index contributed by atoms with van der Waals surface area (Å²) in [6.45, 7) is 2.90. The SMILES string of the molecule is CCOc1ccccc1N1CC(C(=O)NC2CCCC2)CC1=O. The highest BCUT2D eigenvalue weighted by Crippen LogP contribution is 2.33. The Morgan fingerprint density at radius 2 is 2.04 bits per heavy atom. The third-order valence-corrected chi connectivity index (χ3v) is 4.65. The van der Waals surface area contributed by atoms with Crippen molar-refractivity contribution in [3.05, 3.63) is 24.3 Å². The number of ether oxygens (including phenoxy) is 1.